The third kappa shape index (κ3) is 6.82. The van der Waals surface area contributed by atoms with Crippen LogP contribution in [0.15, 0.2) is 0 Å². The summed E-state index contributed by atoms with van der Waals surface area (Å²) >= 11 is 0. The summed E-state index contributed by atoms with van der Waals surface area (Å²) in [6, 6.07) is 0. The molecule has 0 bridgehead atoms. The lowest BCUT2D eigenvalue weighted by molar-refractivity contribution is -0.135. The molecule has 5 nitrogen and oxygen atoms in total. The van der Waals surface area contributed by atoms with E-state index in [1.165, 1.54) is 4.90 Å². The van der Waals surface area contributed by atoms with Crippen molar-refractivity contribution in [2.45, 2.75) is 0 Å². The van der Waals surface area contributed by atoms with Crippen LogP contribution < -0.4 is 0 Å². The van der Waals surface area contributed by atoms with Crippen LogP contribution in [0.25, 0.3) is 0 Å². The number of hydrogen-bond acceptors (Lipinski definition) is 4. The SMILES string of the molecule is CN(C)CCOCC(=O)N(C)CCO. The van der Waals surface area contributed by atoms with Crippen LogP contribution in [0.3, 0.4) is 0 Å². The molecule has 84 valence electrons. The Morgan fingerprint density at radius 2 is 1.93 bits per heavy atom. The molecule has 14 heavy (non-hydrogen) atoms. The number of amides is 1. The van der Waals surface area contributed by atoms with Gasteiger partial charge in [0.2, 0.25) is 5.91 Å². The first kappa shape index (κ1) is 13.4. The highest BCUT2D eigenvalue weighted by Gasteiger charge is 2.07. The molecule has 0 radical (unpaired) electrons. The van der Waals surface area contributed by atoms with E-state index in [2.05, 4.69) is 0 Å². The zero-order valence-corrected chi connectivity index (χ0v) is 9.19. The molecule has 0 aromatic carbocycles. The van der Waals surface area contributed by atoms with E-state index in [0.29, 0.717) is 13.2 Å². The number of aliphatic hydroxyl groups excluding tert-OH is 1. The van der Waals surface area contributed by atoms with Gasteiger partial charge >= 0.3 is 0 Å². The van der Waals surface area contributed by atoms with Gasteiger partial charge in [-0.15, -0.1) is 0 Å². The van der Waals surface area contributed by atoms with Gasteiger partial charge in [-0.3, -0.25) is 4.79 Å². The molecule has 1 amide bonds. The zero-order valence-electron chi connectivity index (χ0n) is 9.19. The van der Waals surface area contributed by atoms with E-state index in [1.807, 2.05) is 19.0 Å². The summed E-state index contributed by atoms with van der Waals surface area (Å²) in [5, 5.41) is 8.59. The lowest BCUT2D eigenvalue weighted by atomic mass is 10.5. The summed E-state index contributed by atoms with van der Waals surface area (Å²) in [4.78, 5) is 14.7. The predicted octanol–water partition coefficient (Wildman–Crippen LogP) is -0.985. The quantitative estimate of drug-likeness (QED) is 0.541. The smallest absolute Gasteiger partial charge is 0.248 e. The molecule has 1 N–H and O–H groups in total. The monoisotopic (exact) mass is 204 g/mol. The number of carbonyl (C=O) groups excluding carboxylic acids is 1. The summed E-state index contributed by atoms with van der Waals surface area (Å²) in [7, 11) is 5.54. The van der Waals surface area contributed by atoms with Crippen molar-refractivity contribution < 1.29 is 14.6 Å². The van der Waals surface area contributed by atoms with E-state index in [1.54, 1.807) is 7.05 Å². The van der Waals surface area contributed by atoms with Crippen LogP contribution in [0, 0.1) is 0 Å². The minimum atomic E-state index is -0.0993. The van der Waals surface area contributed by atoms with Gasteiger partial charge < -0.3 is 19.6 Å². The fourth-order valence-corrected chi connectivity index (χ4v) is 0.791. The van der Waals surface area contributed by atoms with E-state index >= 15 is 0 Å². The van der Waals surface area contributed by atoms with E-state index in [-0.39, 0.29) is 19.1 Å². The van der Waals surface area contributed by atoms with Gasteiger partial charge in [-0.2, -0.15) is 0 Å². The average molecular weight is 204 g/mol. The van der Waals surface area contributed by atoms with E-state index in [0.717, 1.165) is 6.54 Å². The van der Waals surface area contributed by atoms with Gasteiger partial charge in [-0.05, 0) is 14.1 Å². The van der Waals surface area contributed by atoms with Gasteiger partial charge in [-0.25, -0.2) is 0 Å². The van der Waals surface area contributed by atoms with Crippen LogP contribution in [-0.2, 0) is 9.53 Å². The Bertz CT molecular complexity index is 162. The lowest BCUT2D eigenvalue weighted by Crippen LogP contribution is -2.33. The highest BCUT2D eigenvalue weighted by molar-refractivity contribution is 5.77. The molecule has 0 aliphatic heterocycles. The molecule has 0 rings (SSSR count). The second-order valence-corrected chi connectivity index (χ2v) is 3.39. The molecule has 0 spiro atoms. The summed E-state index contributed by atoms with van der Waals surface area (Å²) in [6.45, 7) is 1.78. The van der Waals surface area contributed by atoms with Gasteiger partial charge in [0, 0.05) is 20.1 Å². The first-order chi connectivity index (χ1) is 6.57. The number of rotatable bonds is 7. The third-order valence-electron chi connectivity index (χ3n) is 1.77. The number of ether oxygens (including phenoxy) is 1. The fraction of sp³-hybridized carbons (Fsp3) is 0.889. The normalized spacial score (nSPS) is 10.6. The van der Waals surface area contributed by atoms with Gasteiger partial charge in [0.05, 0.1) is 13.2 Å². The number of carbonyl (C=O) groups is 1. The maximum Gasteiger partial charge on any atom is 0.248 e. The van der Waals surface area contributed by atoms with Crippen LogP contribution in [0.2, 0.25) is 0 Å². The summed E-state index contributed by atoms with van der Waals surface area (Å²) in [6.07, 6.45) is 0. The Balaban J connectivity index is 3.44. The highest BCUT2D eigenvalue weighted by atomic mass is 16.5. The van der Waals surface area contributed by atoms with Crippen molar-refractivity contribution in [3.63, 3.8) is 0 Å². The molecule has 0 aliphatic rings. The van der Waals surface area contributed by atoms with Gasteiger partial charge in [-0.1, -0.05) is 0 Å². The van der Waals surface area contributed by atoms with Crippen LogP contribution in [0.4, 0.5) is 0 Å². The maximum atomic E-state index is 11.3. The Hall–Kier alpha value is -0.650. The summed E-state index contributed by atoms with van der Waals surface area (Å²) in [5.74, 6) is -0.0993. The van der Waals surface area contributed by atoms with Crippen molar-refractivity contribution in [3.05, 3.63) is 0 Å². The Kier molecular flexibility index (Phi) is 7.37. The molecule has 0 saturated carbocycles. The molecule has 0 fully saturated rings. The Labute approximate surface area is 85.2 Å². The molecule has 0 heterocycles. The molecule has 5 heteroatoms. The average Bonchev–Trinajstić information content (AvgIpc) is 2.12. The molecule has 0 aromatic rings. The van der Waals surface area contributed by atoms with Gasteiger partial charge in [0.25, 0.3) is 0 Å². The topological polar surface area (TPSA) is 53.0 Å². The molecule has 0 atom stereocenters. The molecule has 0 aromatic heterocycles. The summed E-state index contributed by atoms with van der Waals surface area (Å²) < 4.78 is 5.16. The van der Waals surface area contributed by atoms with E-state index in [4.69, 9.17) is 9.84 Å². The molecule has 0 unspecified atom stereocenters. The van der Waals surface area contributed by atoms with Crippen LogP contribution in [-0.4, -0.2) is 74.9 Å². The standard InChI is InChI=1S/C9H20N2O3/c1-10(2)5-7-14-8-9(13)11(3)4-6-12/h12H,4-8H2,1-3H3. The van der Waals surface area contributed by atoms with E-state index < -0.39 is 0 Å². The van der Waals surface area contributed by atoms with Crippen molar-refractivity contribution >= 4 is 5.91 Å². The van der Waals surface area contributed by atoms with E-state index in [9.17, 15) is 4.79 Å². The molecule has 0 saturated heterocycles. The first-order valence-corrected chi connectivity index (χ1v) is 4.65. The second-order valence-electron chi connectivity index (χ2n) is 3.39. The number of nitrogens with zero attached hydrogens (tertiary/aromatic N) is 2. The second kappa shape index (κ2) is 7.73. The van der Waals surface area contributed by atoms with Crippen molar-refractivity contribution in [2.75, 3.05) is 54.1 Å². The lowest BCUT2D eigenvalue weighted by Gasteiger charge is -2.16. The van der Waals surface area contributed by atoms with Crippen molar-refractivity contribution in [1.29, 1.82) is 0 Å². The van der Waals surface area contributed by atoms with Crippen molar-refractivity contribution in [1.82, 2.24) is 9.80 Å². The first-order valence-electron chi connectivity index (χ1n) is 4.65. The van der Waals surface area contributed by atoms with Crippen LogP contribution in [0.1, 0.15) is 0 Å². The number of likely N-dealkylation sites (N-methyl/N-ethyl adjacent to an activating group) is 2. The molecule has 0 aliphatic carbocycles. The van der Waals surface area contributed by atoms with Gasteiger partial charge in [0.1, 0.15) is 6.61 Å². The largest absolute Gasteiger partial charge is 0.395 e. The molecular weight excluding hydrogens is 184 g/mol. The minimum absolute atomic E-state index is 0.0140. The number of hydrogen-bond donors (Lipinski definition) is 1. The highest BCUT2D eigenvalue weighted by Crippen LogP contribution is 1.86. The predicted molar refractivity (Wildman–Crippen MR) is 54.1 cm³/mol. The fourth-order valence-electron chi connectivity index (χ4n) is 0.791. The maximum absolute atomic E-state index is 11.3. The minimum Gasteiger partial charge on any atom is -0.395 e. The third-order valence-corrected chi connectivity index (χ3v) is 1.77. The van der Waals surface area contributed by atoms with Crippen molar-refractivity contribution in [3.8, 4) is 0 Å². The van der Waals surface area contributed by atoms with Gasteiger partial charge in [0.15, 0.2) is 0 Å². The van der Waals surface area contributed by atoms with Crippen LogP contribution in [0.5, 0.6) is 0 Å². The van der Waals surface area contributed by atoms with Crippen molar-refractivity contribution in [2.24, 2.45) is 0 Å². The Morgan fingerprint density at radius 1 is 1.29 bits per heavy atom. The zero-order chi connectivity index (χ0) is 11.0. The number of aliphatic hydroxyl groups is 1. The molecular formula is C9H20N2O3. The van der Waals surface area contributed by atoms with Crippen LogP contribution >= 0.6 is 0 Å². The Morgan fingerprint density at radius 3 is 2.43 bits per heavy atom. The summed E-state index contributed by atoms with van der Waals surface area (Å²) in [5.41, 5.74) is 0.